The molecule has 1 aromatic rings. The van der Waals surface area contributed by atoms with Crippen molar-refractivity contribution in [3.8, 4) is 0 Å². The molecule has 0 bridgehead atoms. The molecule has 1 nitrogen and oxygen atoms in total. The third-order valence-corrected chi connectivity index (χ3v) is 4.08. The van der Waals surface area contributed by atoms with E-state index in [0.717, 1.165) is 11.5 Å². The van der Waals surface area contributed by atoms with Gasteiger partial charge in [0, 0.05) is 17.5 Å². The molecule has 1 atom stereocenters. The van der Waals surface area contributed by atoms with Crippen molar-refractivity contribution >= 4 is 11.8 Å². The highest BCUT2D eigenvalue weighted by Gasteiger charge is 2.20. The molecule has 1 aliphatic rings. The van der Waals surface area contributed by atoms with Gasteiger partial charge in [0.15, 0.2) is 0 Å². The number of benzene rings is 1. The van der Waals surface area contributed by atoms with E-state index < -0.39 is 0 Å². The van der Waals surface area contributed by atoms with Gasteiger partial charge in [-0.15, -0.1) is 0 Å². The predicted octanol–water partition coefficient (Wildman–Crippen LogP) is 3.23. The van der Waals surface area contributed by atoms with Crippen LogP contribution in [0.2, 0.25) is 0 Å². The summed E-state index contributed by atoms with van der Waals surface area (Å²) in [5.74, 6) is 2.17. The summed E-state index contributed by atoms with van der Waals surface area (Å²) in [6.07, 6.45) is 0. The maximum absolute atomic E-state index is 6.14. The molecule has 15 heavy (non-hydrogen) atoms. The van der Waals surface area contributed by atoms with Crippen LogP contribution >= 0.6 is 11.8 Å². The summed E-state index contributed by atoms with van der Waals surface area (Å²) < 4.78 is 0. The molecule has 2 rings (SSSR count). The molecule has 1 aromatic carbocycles. The molecule has 0 spiro atoms. The topological polar surface area (TPSA) is 26.0 Å². The third kappa shape index (κ3) is 2.21. The summed E-state index contributed by atoms with van der Waals surface area (Å²) >= 11 is 1.93. The number of rotatable bonds is 0. The molecule has 0 radical (unpaired) electrons. The van der Waals surface area contributed by atoms with Gasteiger partial charge in [-0.25, -0.2) is 0 Å². The Hall–Kier alpha value is -0.470. The Morgan fingerprint density at radius 1 is 1.33 bits per heavy atom. The van der Waals surface area contributed by atoms with Crippen LogP contribution in [0.15, 0.2) is 18.2 Å². The molecule has 2 heteroatoms. The van der Waals surface area contributed by atoms with Crippen LogP contribution in [0.4, 0.5) is 0 Å². The van der Waals surface area contributed by atoms with E-state index in [4.69, 9.17) is 5.73 Å². The molecule has 0 unspecified atom stereocenters. The lowest BCUT2D eigenvalue weighted by molar-refractivity contribution is 0.587. The maximum atomic E-state index is 6.14. The van der Waals surface area contributed by atoms with Crippen molar-refractivity contribution in [1.29, 1.82) is 0 Å². The van der Waals surface area contributed by atoms with E-state index in [-0.39, 0.29) is 11.5 Å². The van der Waals surface area contributed by atoms with E-state index in [2.05, 4.69) is 39.0 Å². The van der Waals surface area contributed by atoms with Crippen LogP contribution in [0.1, 0.15) is 43.5 Å². The Morgan fingerprint density at radius 3 is 2.73 bits per heavy atom. The monoisotopic (exact) mass is 221 g/mol. The van der Waals surface area contributed by atoms with Crippen LogP contribution in [-0.4, -0.2) is 5.75 Å². The van der Waals surface area contributed by atoms with E-state index >= 15 is 0 Å². The van der Waals surface area contributed by atoms with Crippen LogP contribution in [0, 0.1) is 0 Å². The molecule has 2 N–H and O–H groups in total. The fourth-order valence-corrected chi connectivity index (χ4v) is 2.96. The van der Waals surface area contributed by atoms with Crippen molar-refractivity contribution in [3.05, 3.63) is 34.9 Å². The van der Waals surface area contributed by atoms with Gasteiger partial charge in [-0.1, -0.05) is 39.0 Å². The summed E-state index contributed by atoms with van der Waals surface area (Å²) in [6, 6.07) is 7.03. The van der Waals surface area contributed by atoms with Crippen molar-refractivity contribution in [2.45, 2.75) is 38.0 Å². The third-order valence-electron chi connectivity index (χ3n) is 2.97. The van der Waals surface area contributed by atoms with Crippen molar-refractivity contribution < 1.29 is 0 Å². The zero-order valence-electron chi connectivity index (χ0n) is 9.71. The van der Waals surface area contributed by atoms with Gasteiger partial charge in [-0.3, -0.25) is 0 Å². The van der Waals surface area contributed by atoms with Crippen molar-refractivity contribution in [2.75, 3.05) is 5.75 Å². The van der Waals surface area contributed by atoms with E-state index in [9.17, 15) is 0 Å². The summed E-state index contributed by atoms with van der Waals surface area (Å²) in [7, 11) is 0. The van der Waals surface area contributed by atoms with E-state index in [1.807, 2.05) is 11.8 Å². The molecular weight excluding hydrogens is 202 g/mol. The molecular formula is C13H19NS. The smallest absolute Gasteiger partial charge is 0.0390 e. The lowest BCUT2D eigenvalue weighted by Crippen LogP contribution is -2.20. The SMILES string of the molecule is CC(C)(C)c1ccc2c(c1)[C@@H](N)CSC2. The lowest BCUT2D eigenvalue weighted by Gasteiger charge is -2.26. The molecule has 0 aliphatic carbocycles. The first-order valence-corrected chi connectivity index (χ1v) is 6.60. The van der Waals surface area contributed by atoms with Crippen LogP contribution in [0.3, 0.4) is 0 Å². The van der Waals surface area contributed by atoms with Gasteiger partial charge in [0.2, 0.25) is 0 Å². The second-order valence-electron chi connectivity index (χ2n) is 5.29. The lowest BCUT2D eigenvalue weighted by atomic mass is 9.84. The zero-order valence-corrected chi connectivity index (χ0v) is 10.5. The zero-order chi connectivity index (χ0) is 11.1. The molecule has 0 amide bonds. The average molecular weight is 221 g/mol. The fourth-order valence-electron chi connectivity index (χ4n) is 1.92. The average Bonchev–Trinajstić information content (AvgIpc) is 2.16. The first-order chi connectivity index (χ1) is 6.98. The van der Waals surface area contributed by atoms with Gasteiger partial charge in [0.1, 0.15) is 0 Å². The first-order valence-electron chi connectivity index (χ1n) is 5.45. The maximum Gasteiger partial charge on any atom is 0.0390 e. The molecule has 82 valence electrons. The molecule has 1 aliphatic heterocycles. The molecule has 0 aromatic heterocycles. The molecule has 0 saturated heterocycles. The largest absolute Gasteiger partial charge is 0.323 e. The minimum absolute atomic E-state index is 0.222. The summed E-state index contributed by atoms with van der Waals surface area (Å²) in [4.78, 5) is 0. The second-order valence-corrected chi connectivity index (χ2v) is 6.32. The quantitative estimate of drug-likeness (QED) is 0.728. The van der Waals surface area contributed by atoms with Gasteiger partial charge in [-0.05, 0) is 22.1 Å². The Labute approximate surface area is 96.4 Å². The van der Waals surface area contributed by atoms with Crippen LogP contribution in [0.25, 0.3) is 0 Å². The summed E-state index contributed by atoms with van der Waals surface area (Å²) in [5, 5.41) is 0. The standard InChI is InChI=1S/C13H19NS/c1-13(2,3)10-5-4-9-7-15-8-12(14)11(9)6-10/h4-6,12H,7-8,14H2,1-3H3/t12-/m0/s1. The number of thioether (sulfide) groups is 1. The van der Waals surface area contributed by atoms with Gasteiger partial charge in [-0.2, -0.15) is 11.8 Å². The van der Waals surface area contributed by atoms with Gasteiger partial charge in [0.05, 0.1) is 0 Å². The normalized spacial score (nSPS) is 21.2. The minimum atomic E-state index is 0.222. The second kappa shape index (κ2) is 3.84. The number of nitrogens with two attached hydrogens (primary N) is 1. The summed E-state index contributed by atoms with van der Waals surface area (Å²) in [5.41, 5.74) is 10.5. The number of hydrogen-bond donors (Lipinski definition) is 1. The van der Waals surface area contributed by atoms with E-state index in [0.29, 0.717) is 0 Å². The van der Waals surface area contributed by atoms with Crippen molar-refractivity contribution in [1.82, 2.24) is 0 Å². The van der Waals surface area contributed by atoms with Crippen molar-refractivity contribution in [3.63, 3.8) is 0 Å². The highest BCUT2D eigenvalue weighted by molar-refractivity contribution is 7.98. The molecule has 0 saturated carbocycles. The number of fused-ring (bicyclic) bond motifs is 1. The van der Waals surface area contributed by atoms with Crippen LogP contribution in [-0.2, 0) is 11.2 Å². The Bertz CT molecular complexity index is 365. The minimum Gasteiger partial charge on any atom is -0.323 e. The van der Waals surface area contributed by atoms with Gasteiger partial charge >= 0.3 is 0 Å². The van der Waals surface area contributed by atoms with Gasteiger partial charge in [0.25, 0.3) is 0 Å². The Balaban J connectivity index is 2.44. The van der Waals surface area contributed by atoms with Crippen molar-refractivity contribution in [2.24, 2.45) is 5.73 Å². The summed E-state index contributed by atoms with van der Waals surface area (Å²) in [6.45, 7) is 6.74. The Kier molecular flexibility index (Phi) is 2.82. The molecule has 0 fully saturated rings. The number of hydrogen-bond acceptors (Lipinski definition) is 2. The first kappa shape index (κ1) is 11.0. The van der Waals surface area contributed by atoms with E-state index in [1.54, 1.807) is 0 Å². The highest BCUT2D eigenvalue weighted by Crippen LogP contribution is 2.33. The predicted molar refractivity (Wildman–Crippen MR) is 68.2 cm³/mol. The fraction of sp³-hybridized carbons (Fsp3) is 0.538. The molecule has 1 heterocycles. The van der Waals surface area contributed by atoms with E-state index in [1.165, 1.54) is 16.7 Å². The van der Waals surface area contributed by atoms with Gasteiger partial charge < -0.3 is 5.73 Å². The van der Waals surface area contributed by atoms with Crippen LogP contribution in [0.5, 0.6) is 0 Å². The van der Waals surface area contributed by atoms with Crippen LogP contribution < -0.4 is 5.73 Å². The Morgan fingerprint density at radius 2 is 2.07 bits per heavy atom. The highest BCUT2D eigenvalue weighted by atomic mass is 32.2.